The molecule has 3 heteroatoms. The highest BCUT2D eigenvalue weighted by Crippen LogP contribution is 2.39. The van der Waals surface area contributed by atoms with Crippen LogP contribution in [0, 0.1) is 5.41 Å². The first kappa shape index (κ1) is 11.4. The Hall–Kier alpha value is 0.350. The summed E-state index contributed by atoms with van der Waals surface area (Å²) in [6.07, 6.45) is 4.50. The van der Waals surface area contributed by atoms with Gasteiger partial charge in [0.15, 0.2) is 0 Å². The van der Waals surface area contributed by atoms with Crippen molar-refractivity contribution in [3.8, 4) is 0 Å². The maximum atomic E-state index is 9.45. The summed E-state index contributed by atoms with van der Waals surface area (Å²) in [5, 5.41) is 9.45. The van der Waals surface area contributed by atoms with Gasteiger partial charge in [0.1, 0.15) is 0 Å². The molecule has 1 N–H and O–H groups in total. The van der Waals surface area contributed by atoms with Crippen molar-refractivity contribution in [2.24, 2.45) is 5.41 Å². The zero-order chi connectivity index (χ0) is 9.90. The van der Waals surface area contributed by atoms with E-state index in [2.05, 4.69) is 21.0 Å². The van der Waals surface area contributed by atoms with Crippen molar-refractivity contribution < 1.29 is 5.11 Å². The predicted molar refractivity (Wildman–Crippen MR) is 59.5 cm³/mol. The molecule has 0 amide bonds. The number of aliphatic hydroxyl groups is 1. The second-order valence-corrected chi connectivity index (χ2v) is 5.17. The van der Waals surface area contributed by atoms with E-state index in [0.717, 1.165) is 19.5 Å². The number of aliphatic hydroxyl groups excluding tert-OH is 1. The maximum Gasteiger partial charge on any atom is 0.0517 e. The summed E-state index contributed by atoms with van der Waals surface area (Å²) < 4.78 is 2.30. The molecule has 0 radical (unpaired) electrons. The largest absolute Gasteiger partial charge is 0.393 e. The van der Waals surface area contributed by atoms with Gasteiger partial charge in [0.05, 0.1) is 6.10 Å². The van der Waals surface area contributed by atoms with E-state index in [1.54, 1.807) is 0 Å². The molecule has 0 aromatic carbocycles. The molecule has 1 rings (SSSR count). The van der Waals surface area contributed by atoms with Gasteiger partial charge in [0.2, 0.25) is 0 Å². The van der Waals surface area contributed by atoms with E-state index in [0.29, 0.717) is 5.41 Å². The van der Waals surface area contributed by atoms with Gasteiger partial charge in [-0.2, -0.15) is 0 Å². The number of piperidine rings is 1. The molecule has 2 unspecified atom stereocenters. The smallest absolute Gasteiger partial charge is 0.0517 e. The van der Waals surface area contributed by atoms with Crippen LogP contribution in [-0.4, -0.2) is 29.0 Å². The van der Waals surface area contributed by atoms with Gasteiger partial charge < -0.3 is 5.11 Å². The molecule has 1 heterocycles. The highest BCUT2D eigenvalue weighted by molar-refractivity contribution is 7.13. The SMILES string of the molecule is CCC1(CC(C)O)CCN(P)CC1. The summed E-state index contributed by atoms with van der Waals surface area (Å²) >= 11 is 0. The number of hydrogen-bond donors (Lipinski definition) is 1. The second kappa shape index (κ2) is 4.72. The lowest BCUT2D eigenvalue weighted by molar-refractivity contribution is 0.0675. The van der Waals surface area contributed by atoms with Crippen LogP contribution >= 0.6 is 9.39 Å². The molecule has 1 aliphatic rings. The van der Waals surface area contributed by atoms with Gasteiger partial charge in [0, 0.05) is 13.1 Å². The second-order valence-electron chi connectivity index (χ2n) is 4.44. The standard InChI is InChI=1S/C10H22NOP/c1-3-10(8-9(2)12)4-6-11(13)7-5-10/h9,12H,3-8,13H2,1-2H3. The van der Waals surface area contributed by atoms with Crippen LogP contribution in [0.15, 0.2) is 0 Å². The minimum Gasteiger partial charge on any atom is -0.393 e. The first-order valence-electron chi connectivity index (χ1n) is 5.26. The van der Waals surface area contributed by atoms with Gasteiger partial charge >= 0.3 is 0 Å². The molecule has 1 saturated heterocycles. The van der Waals surface area contributed by atoms with E-state index in [-0.39, 0.29) is 6.10 Å². The molecule has 0 aliphatic carbocycles. The zero-order valence-corrected chi connectivity index (χ0v) is 9.95. The molecule has 0 aromatic rings. The Bertz CT molecular complexity index is 153. The Labute approximate surface area is 84.0 Å². The van der Waals surface area contributed by atoms with Gasteiger partial charge in [-0.05, 0) is 31.6 Å². The van der Waals surface area contributed by atoms with Crippen LogP contribution in [0.5, 0.6) is 0 Å². The summed E-state index contributed by atoms with van der Waals surface area (Å²) in [7, 11) is 2.77. The molecule has 1 aliphatic heterocycles. The van der Waals surface area contributed by atoms with Crippen molar-refractivity contribution in [1.82, 2.24) is 4.67 Å². The van der Waals surface area contributed by atoms with Gasteiger partial charge in [-0.15, -0.1) is 0 Å². The monoisotopic (exact) mass is 203 g/mol. The Morgan fingerprint density at radius 3 is 2.38 bits per heavy atom. The minimum atomic E-state index is -0.143. The van der Waals surface area contributed by atoms with E-state index in [4.69, 9.17) is 0 Å². The molecular formula is C10H22NOP. The van der Waals surface area contributed by atoms with Crippen LogP contribution in [0.2, 0.25) is 0 Å². The third-order valence-corrected chi connectivity index (χ3v) is 3.85. The average molecular weight is 203 g/mol. The van der Waals surface area contributed by atoms with Gasteiger partial charge in [-0.1, -0.05) is 22.7 Å². The highest BCUT2D eigenvalue weighted by atomic mass is 31.0. The summed E-state index contributed by atoms with van der Waals surface area (Å²) in [5.74, 6) is 0. The van der Waals surface area contributed by atoms with Crippen LogP contribution in [0.3, 0.4) is 0 Å². The van der Waals surface area contributed by atoms with Crippen LogP contribution < -0.4 is 0 Å². The van der Waals surface area contributed by atoms with Gasteiger partial charge in [0.25, 0.3) is 0 Å². The molecule has 13 heavy (non-hydrogen) atoms. The van der Waals surface area contributed by atoms with E-state index in [9.17, 15) is 5.11 Å². The molecular weight excluding hydrogens is 181 g/mol. The van der Waals surface area contributed by atoms with Crippen LogP contribution in [0.25, 0.3) is 0 Å². The Morgan fingerprint density at radius 2 is 2.00 bits per heavy atom. The Morgan fingerprint density at radius 1 is 1.46 bits per heavy atom. The maximum absolute atomic E-state index is 9.45. The van der Waals surface area contributed by atoms with Crippen molar-refractivity contribution in [1.29, 1.82) is 0 Å². The normalized spacial score (nSPS) is 25.8. The lowest BCUT2D eigenvalue weighted by atomic mass is 9.73. The summed E-state index contributed by atoms with van der Waals surface area (Å²) in [6, 6.07) is 0. The average Bonchev–Trinajstić information content (AvgIpc) is 2.09. The number of nitrogens with zero attached hydrogens (tertiary/aromatic N) is 1. The first-order valence-corrected chi connectivity index (χ1v) is 5.77. The highest BCUT2D eigenvalue weighted by Gasteiger charge is 2.32. The summed E-state index contributed by atoms with van der Waals surface area (Å²) in [4.78, 5) is 0. The molecule has 0 spiro atoms. The third-order valence-electron chi connectivity index (χ3n) is 3.34. The topological polar surface area (TPSA) is 23.5 Å². The van der Waals surface area contributed by atoms with Gasteiger partial charge in [-0.25, -0.2) is 0 Å². The molecule has 1 fully saturated rings. The molecule has 78 valence electrons. The van der Waals surface area contributed by atoms with Gasteiger partial charge in [-0.3, -0.25) is 4.67 Å². The van der Waals surface area contributed by atoms with Crippen molar-refractivity contribution in [2.75, 3.05) is 13.1 Å². The summed E-state index contributed by atoms with van der Waals surface area (Å²) in [6.45, 7) is 6.47. The van der Waals surface area contributed by atoms with E-state index in [1.165, 1.54) is 19.3 Å². The van der Waals surface area contributed by atoms with E-state index >= 15 is 0 Å². The molecule has 0 bridgehead atoms. The quantitative estimate of drug-likeness (QED) is 0.709. The fraction of sp³-hybridized carbons (Fsp3) is 1.00. The van der Waals surface area contributed by atoms with E-state index < -0.39 is 0 Å². The predicted octanol–water partition coefficient (Wildman–Crippen LogP) is 2.04. The Kier molecular flexibility index (Phi) is 4.15. The van der Waals surface area contributed by atoms with Crippen LogP contribution in [-0.2, 0) is 0 Å². The van der Waals surface area contributed by atoms with Crippen molar-refractivity contribution in [3.05, 3.63) is 0 Å². The van der Waals surface area contributed by atoms with Crippen molar-refractivity contribution in [3.63, 3.8) is 0 Å². The fourth-order valence-corrected chi connectivity index (χ4v) is 2.59. The van der Waals surface area contributed by atoms with E-state index in [1.807, 2.05) is 6.92 Å². The minimum absolute atomic E-state index is 0.143. The number of rotatable bonds is 3. The third kappa shape index (κ3) is 3.19. The molecule has 0 saturated carbocycles. The fourth-order valence-electron chi connectivity index (χ4n) is 2.33. The van der Waals surface area contributed by atoms with Crippen LogP contribution in [0.4, 0.5) is 0 Å². The van der Waals surface area contributed by atoms with Crippen LogP contribution in [0.1, 0.15) is 39.5 Å². The zero-order valence-electron chi connectivity index (χ0n) is 8.79. The van der Waals surface area contributed by atoms with Crippen molar-refractivity contribution in [2.45, 2.75) is 45.6 Å². The lowest BCUT2D eigenvalue weighted by Gasteiger charge is -2.40. The first-order chi connectivity index (χ1) is 6.08. The number of hydrogen-bond acceptors (Lipinski definition) is 2. The molecule has 2 atom stereocenters. The lowest BCUT2D eigenvalue weighted by Crippen LogP contribution is -2.36. The Balaban J connectivity index is 2.50. The molecule has 0 aromatic heterocycles. The molecule has 2 nitrogen and oxygen atoms in total. The summed E-state index contributed by atoms with van der Waals surface area (Å²) in [5.41, 5.74) is 0.418. The van der Waals surface area contributed by atoms with Crippen molar-refractivity contribution >= 4 is 9.39 Å².